The average molecular weight is 420 g/mol. The van der Waals surface area contributed by atoms with E-state index in [2.05, 4.69) is 5.32 Å². The third-order valence-electron chi connectivity index (χ3n) is 6.06. The van der Waals surface area contributed by atoms with Crippen molar-refractivity contribution in [1.82, 2.24) is 0 Å². The quantitative estimate of drug-likeness (QED) is 0.214. The van der Waals surface area contributed by atoms with Crippen LogP contribution < -0.4 is 10.9 Å². The third-order valence-corrected chi connectivity index (χ3v) is 6.06. The Morgan fingerprint density at radius 2 is 1.53 bits per heavy atom. The van der Waals surface area contributed by atoms with Gasteiger partial charge in [0.25, 0.3) is 5.69 Å². The van der Waals surface area contributed by atoms with E-state index >= 15 is 0 Å². The van der Waals surface area contributed by atoms with Gasteiger partial charge in [0, 0.05) is 28.3 Å². The topological polar surface area (TPSA) is 85.4 Å². The molecule has 1 aliphatic heterocycles. The molecule has 0 radical (unpaired) electrons. The van der Waals surface area contributed by atoms with Crippen molar-refractivity contribution in [3.63, 3.8) is 0 Å². The first-order valence-corrected chi connectivity index (χ1v) is 10.2. The Morgan fingerprint density at radius 1 is 0.812 bits per heavy atom. The van der Waals surface area contributed by atoms with Crippen molar-refractivity contribution < 1.29 is 9.34 Å². The van der Waals surface area contributed by atoms with Crippen LogP contribution in [0.2, 0.25) is 0 Å². The number of para-hydroxylation sites is 2. The highest BCUT2D eigenvalue weighted by atomic mass is 16.6. The van der Waals surface area contributed by atoms with Crippen molar-refractivity contribution >= 4 is 33.1 Å². The van der Waals surface area contributed by atoms with E-state index in [-0.39, 0.29) is 5.69 Å². The largest absolute Gasteiger partial charge is 0.422 e. The summed E-state index contributed by atoms with van der Waals surface area (Å²) >= 11 is 0. The SMILES string of the molecule is O=c1oc2ccccc2c2c1[C@H](c1ccccc1[N+](=O)[O-])Nc1ccc3ccccc3c1-2. The molecule has 0 fully saturated rings. The summed E-state index contributed by atoms with van der Waals surface area (Å²) in [6.07, 6.45) is 0. The zero-order chi connectivity index (χ0) is 21.8. The fourth-order valence-corrected chi connectivity index (χ4v) is 4.72. The molecular weight excluding hydrogens is 404 g/mol. The molecule has 0 bridgehead atoms. The van der Waals surface area contributed by atoms with E-state index in [0.717, 1.165) is 33.0 Å². The van der Waals surface area contributed by atoms with Gasteiger partial charge in [-0.3, -0.25) is 10.1 Å². The summed E-state index contributed by atoms with van der Waals surface area (Å²) in [6.45, 7) is 0. The minimum Gasteiger partial charge on any atom is -0.422 e. The van der Waals surface area contributed by atoms with Crippen molar-refractivity contribution in [3.05, 3.63) is 117 Å². The summed E-state index contributed by atoms with van der Waals surface area (Å²) in [5, 5.41) is 18.0. The van der Waals surface area contributed by atoms with Gasteiger partial charge in [0.1, 0.15) is 5.58 Å². The van der Waals surface area contributed by atoms with Gasteiger partial charge in [-0.25, -0.2) is 4.79 Å². The molecule has 32 heavy (non-hydrogen) atoms. The molecule has 1 N–H and O–H groups in total. The highest BCUT2D eigenvalue weighted by molar-refractivity contribution is 6.11. The second-order valence-corrected chi connectivity index (χ2v) is 7.78. The maximum atomic E-state index is 13.3. The van der Waals surface area contributed by atoms with Crippen LogP contribution in [0.5, 0.6) is 0 Å². The Hall–Kier alpha value is -4.45. The summed E-state index contributed by atoms with van der Waals surface area (Å²) in [5.74, 6) is 0. The van der Waals surface area contributed by atoms with Crippen LogP contribution in [0.4, 0.5) is 11.4 Å². The number of anilines is 1. The minimum atomic E-state index is -0.721. The van der Waals surface area contributed by atoms with Crippen LogP contribution in [0, 0.1) is 10.1 Å². The molecular formula is C26H16N2O4. The van der Waals surface area contributed by atoms with Gasteiger partial charge in [-0.2, -0.15) is 0 Å². The number of hydrogen-bond donors (Lipinski definition) is 1. The molecule has 154 valence electrons. The first-order chi connectivity index (χ1) is 15.6. The predicted octanol–water partition coefficient (Wildman–Crippen LogP) is 6.04. The number of nitro benzene ring substituents is 1. The summed E-state index contributed by atoms with van der Waals surface area (Å²) in [4.78, 5) is 24.7. The molecule has 1 aromatic heterocycles. The van der Waals surface area contributed by atoms with E-state index in [9.17, 15) is 14.9 Å². The lowest BCUT2D eigenvalue weighted by atomic mass is 9.83. The van der Waals surface area contributed by atoms with Crippen LogP contribution in [0.1, 0.15) is 17.2 Å². The zero-order valence-electron chi connectivity index (χ0n) is 16.7. The third kappa shape index (κ3) is 2.56. The van der Waals surface area contributed by atoms with Gasteiger partial charge in [-0.15, -0.1) is 0 Å². The fourth-order valence-electron chi connectivity index (χ4n) is 4.72. The van der Waals surface area contributed by atoms with E-state index in [4.69, 9.17) is 4.42 Å². The molecule has 0 unspecified atom stereocenters. The van der Waals surface area contributed by atoms with E-state index in [1.807, 2.05) is 54.6 Å². The molecule has 0 aliphatic carbocycles. The van der Waals surface area contributed by atoms with Crippen LogP contribution in [-0.2, 0) is 0 Å². The minimum absolute atomic E-state index is 0.0484. The summed E-state index contributed by atoms with van der Waals surface area (Å²) in [7, 11) is 0. The molecule has 1 atom stereocenters. The van der Waals surface area contributed by atoms with Gasteiger partial charge in [-0.1, -0.05) is 60.7 Å². The lowest BCUT2D eigenvalue weighted by molar-refractivity contribution is -0.385. The Labute approximate surface area is 181 Å². The number of nitro groups is 1. The first kappa shape index (κ1) is 18.3. The molecule has 0 saturated heterocycles. The Balaban J connectivity index is 1.78. The number of fused-ring (bicyclic) bond motifs is 7. The standard InChI is InChI=1S/C26H16N2O4/c29-26-24-23(18-10-4-6-12-21(18)32-26)22-16-8-2-1-7-15(16)13-14-19(22)27-25(24)17-9-3-5-11-20(17)28(30)31/h1-14,25,27H/t25-/m0/s1. The zero-order valence-corrected chi connectivity index (χ0v) is 16.7. The van der Waals surface area contributed by atoms with Crippen molar-refractivity contribution in [2.45, 2.75) is 6.04 Å². The second-order valence-electron chi connectivity index (χ2n) is 7.78. The molecule has 0 saturated carbocycles. The van der Waals surface area contributed by atoms with Gasteiger partial charge in [-0.05, 0) is 29.0 Å². The molecule has 0 spiro atoms. The van der Waals surface area contributed by atoms with Gasteiger partial charge in [0.05, 0.1) is 22.1 Å². The molecule has 5 aromatic rings. The number of nitrogens with one attached hydrogen (secondary N) is 1. The lowest BCUT2D eigenvalue weighted by Crippen LogP contribution is -2.26. The Kier molecular flexibility index (Phi) is 3.89. The highest BCUT2D eigenvalue weighted by Crippen LogP contribution is 2.48. The van der Waals surface area contributed by atoms with E-state index < -0.39 is 16.6 Å². The monoisotopic (exact) mass is 420 g/mol. The van der Waals surface area contributed by atoms with E-state index in [0.29, 0.717) is 16.7 Å². The van der Waals surface area contributed by atoms with Gasteiger partial charge in [0.2, 0.25) is 0 Å². The number of benzene rings is 4. The number of hydrogen-bond acceptors (Lipinski definition) is 5. The van der Waals surface area contributed by atoms with Crippen LogP contribution >= 0.6 is 0 Å². The van der Waals surface area contributed by atoms with Gasteiger partial charge < -0.3 is 9.73 Å². The van der Waals surface area contributed by atoms with E-state index in [1.165, 1.54) is 6.07 Å². The van der Waals surface area contributed by atoms with E-state index in [1.54, 1.807) is 24.3 Å². The second kappa shape index (κ2) is 6.78. The molecule has 4 aromatic carbocycles. The predicted molar refractivity (Wildman–Crippen MR) is 124 cm³/mol. The molecule has 6 nitrogen and oxygen atoms in total. The van der Waals surface area contributed by atoms with Crippen LogP contribution in [0.25, 0.3) is 32.9 Å². The van der Waals surface area contributed by atoms with Crippen molar-refractivity contribution in [2.24, 2.45) is 0 Å². The van der Waals surface area contributed by atoms with Gasteiger partial charge in [0.15, 0.2) is 0 Å². The van der Waals surface area contributed by atoms with Gasteiger partial charge >= 0.3 is 5.63 Å². The fraction of sp³-hybridized carbons (Fsp3) is 0.0385. The molecule has 0 amide bonds. The van der Waals surface area contributed by atoms with Crippen LogP contribution in [0.15, 0.2) is 94.1 Å². The van der Waals surface area contributed by atoms with Crippen molar-refractivity contribution in [2.75, 3.05) is 5.32 Å². The summed E-state index contributed by atoms with van der Waals surface area (Å²) < 4.78 is 5.67. The van der Waals surface area contributed by atoms with Crippen molar-refractivity contribution in [1.29, 1.82) is 0 Å². The molecule has 2 heterocycles. The number of nitrogens with zero attached hydrogens (tertiary/aromatic N) is 1. The molecule has 6 heteroatoms. The lowest BCUT2D eigenvalue weighted by Gasteiger charge is -2.30. The van der Waals surface area contributed by atoms with Crippen LogP contribution in [-0.4, -0.2) is 4.92 Å². The molecule has 1 aliphatic rings. The molecule has 6 rings (SSSR count). The Bertz CT molecular complexity index is 1620. The van der Waals surface area contributed by atoms with Crippen molar-refractivity contribution in [3.8, 4) is 11.1 Å². The highest BCUT2D eigenvalue weighted by Gasteiger charge is 2.35. The smallest absolute Gasteiger partial charge is 0.342 e. The maximum absolute atomic E-state index is 13.3. The normalized spacial score (nSPS) is 14.6. The average Bonchev–Trinajstić information content (AvgIpc) is 2.83. The summed E-state index contributed by atoms with van der Waals surface area (Å²) in [5.41, 5.74) is 3.19. The maximum Gasteiger partial charge on any atom is 0.342 e. The van der Waals surface area contributed by atoms with Crippen LogP contribution in [0.3, 0.4) is 0 Å². The Morgan fingerprint density at radius 3 is 2.38 bits per heavy atom. The number of rotatable bonds is 2. The first-order valence-electron chi connectivity index (χ1n) is 10.2. The summed E-state index contributed by atoms with van der Waals surface area (Å²) in [6, 6.07) is 25.1.